The summed E-state index contributed by atoms with van der Waals surface area (Å²) in [6.07, 6.45) is 2.96. The summed E-state index contributed by atoms with van der Waals surface area (Å²) in [7, 11) is -2.73. The molecule has 10 nitrogen and oxygen atoms in total. The van der Waals surface area contributed by atoms with Crippen LogP contribution in [0.3, 0.4) is 0 Å². The molecule has 0 unspecified atom stereocenters. The lowest BCUT2D eigenvalue weighted by molar-refractivity contribution is 0.378. The Morgan fingerprint density at radius 1 is 0.943 bits per heavy atom. The van der Waals surface area contributed by atoms with Gasteiger partial charge in [0.2, 0.25) is 11.6 Å². The Balaban J connectivity index is 1.69. The van der Waals surface area contributed by atoms with E-state index < -0.39 is 16.0 Å². The van der Waals surface area contributed by atoms with Gasteiger partial charge in [-0.25, -0.2) is 24.3 Å². The minimum Gasteiger partial charge on any atom is -0.493 e. The van der Waals surface area contributed by atoms with Crippen molar-refractivity contribution in [3.05, 3.63) is 83.5 Å². The van der Waals surface area contributed by atoms with Gasteiger partial charge >= 0.3 is 10.2 Å². The van der Waals surface area contributed by atoms with Crippen molar-refractivity contribution in [2.75, 3.05) is 11.8 Å². The number of nitrogens with zero attached hydrogens (tertiary/aromatic N) is 4. The SMILES string of the molecule is COc1ccccc1Oc1c(Cl)nc(-c2ncccn2)nc1NS(=O)(=O)NCc1ccc(F)cc1. The van der Waals surface area contributed by atoms with E-state index in [0.717, 1.165) is 0 Å². The van der Waals surface area contributed by atoms with Gasteiger partial charge in [0, 0.05) is 18.9 Å². The molecule has 0 saturated carbocycles. The Morgan fingerprint density at radius 2 is 1.63 bits per heavy atom. The smallest absolute Gasteiger partial charge is 0.300 e. The second-order valence-corrected chi connectivity index (χ2v) is 8.75. The molecule has 4 aromatic rings. The predicted molar refractivity (Wildman–Crippen MR) is 127 cm³/mol. The summed E-state index contributed by atoms with van der Waals surface area (Å²) < 4.78 is 54.6. The largest absolute Gasteiger partial charge is 0.493 e. The minimum atomic E-state index is -4.18. The normalized spacial score (nSPS) is 11.2. The number of para-hydroxylation sites is 2. The second-order valence-electron chi connectivity index (χ2n) is 6.89. The molecule has 0 aliphatic rings. The van der Waals surface area contributed by atoms with Gasteiger partial charge in [0.15, 0.2) is 28.3 Å². The van der Waals surface area contributed by atoms with Crippen molar-refractivity contribution in [1.82, 2.24) is 24.7 Å². The van der Waals surface area contributed by atoms with Crippen LogP contribution in [0.25, 0.3) is 11.6 Å². The van der Waals surface area contributed by atoms with E-state index in [-0.39, 0.29) is 40.7 Å². The molecule has 13 heteroatoms. The Kier molecular flexibility index (Phi) is 7.34. The first kappa shape index (κ1) is 24.3. The fourth-order valence-electron chi connectivity index (χ4n) is 2.85. The quantitative estimate of drug-likeness (QED) is 0.320. The summed E-state index contributed by atoms with van der Waals surface area (Å²) in [5.74, 6) is -0.129. The molecule has 2 aromatic heterocycles. The first-order valence-corrected chi connectivity index (χ1v) is 11.9. The van der Waals surface area contributed by atoms with Gasteiger partial charge in [-0.1, -0.05) is 35.9 Å². The van der Waals surface area contributed by atoms with Gasteiger partial charge in [0.1, 0.15) is 5.82 Å². The summed E-state index contributed by atoms with van der Waals surface area (Å²) in [6, 6.07) is 13.7. The van der Waals surface area contributed by atoms with E-state index in [4.69, 9.17) is 21.1 Å². The van der Waals surface area contributed by atoms with Gasteiger partial charge < -0.3 is 9.47 Å². The van der Waals surface area contributed by atoms with Gasteiger partial charge in [-0.15, -0.1) is 0 Å². The Morgan fingerprint density at radius 3 is 2.31 bits per heavy atom. The summed E-state index contributed by atoms with van der Waals surface area (Å²) >= 11 is 6.38. The number of halogens is 2. The lowest BCUT2D eigenvalue weighted by Crippen LogP contribution is -2.30. The van der Waals surface area contributed by atoms with E-state index in [0.29, 0.717) is 11.3 Å². The van der Waals surface area contributed by atoms with Crippen LogP contribution in [0.5, 0.6) is 17.2 Å². The minimum absolute atomic E-state index is 0.0285. The number of hydrogen-bond acceptors (Lipinski definition) is 8. The van der Waals surface area contributed by atoms with Crippen molar-refractivity contribution in [3.63, 3.8) is 0 Å². The average molecular weight is 517 g/mol. The van der Waals surface area contributed by atoms with Crippen molar-refractivity contribution < 1.29 is 22.3 Å². The monoisotopic (exact) mass is 516 g/mol. The van der Waals surface area contributed by atoms with Gasteiger partial charge in [0.25, 0.3) is 0 Å². The predicted octanol–water partition coefficient (Wildman–Crippen LogP) is 3.97. The maximum Gasteiger partial charge on any atom is 0.300 e. The second kappa shape index (κ2) is 10.6. The molecule has 0 fully saturated rings. The van der Waals surface area contributed by atoms with Crippen LogP contribution < -0.4 is 18.9 Å². The van der Waals surface area contributed by atoms with E-state index in [1.54, 1.807) is 30.3 Å². The molecule has 180 valence electrons. The van der Waals surface area contributed by atoms with E-state index in [1.165, 1.54) is 43.8 Å². The van der Waals surface area contributed by atoms with Crippen LogP contribution in [-0.2, 0) is 16.8 Å². The van der Waals surface area contributed by atoms with Crippen molar-refractivity contribution >= 4 is 27.6 Å². The first-order valence-electron chi connectivity index (χ1n) is 10.0. The molecule has 0 aliphatic heterocycles. The highest BCUT2D eigenvalue weighted by Crippen LogP contribution is 2.39. The fourth-order valence-corrected chi connectivity index (χ4v) is 3.88. The van der Waals surface area contributed by atoms with Crippen molar-refractivity contribution in [2.24, 2.45) is 0 Å². The Labute approximate surface area is 205 Å². The summed E-state index contributed by atoms with van der Waals surface area (Å²) in [6.45, 7) is -0.105. The summed E-state index contributed by atoms with van der Waals surface area (Å²) in [5.41, 5.74) is 0.543. The lowest BCUT2D eigenvalue weighted by atomic mass is 10.2. The van der Waals surface area contributed by atoms with Crippen LogP contribution in [0.15, 0.2) is 67.0 Å². The molecular weight excluding hydrogens is 499 g/mol. The molecule has 4 rings (SSSR count). The van der Waals surface area contributed by atoms with Gasteiger partial charge in [-0.05, 0) is 35.9 Å². The fraction of sp³-hybridized carbons (Fsp3) is 0.0909. The highest BCUT2D eigenvalue weighted by atomic mass is 35.5. The van der Waals surface area contributed by atoms with Gasteiger partial charge in [0.05, 0.1) is 7.11 Å². The molecule has 0 radical (unpaired) electrons. The van der Waals surface area contributed by atoms with E-state index in [9.17, 15) is 12.8 Å². The number of rotatable bonds is 9. The highest BCUT2D eigenvalue weighted by Gasteiger charge is 2.23. The number of benzene rings is 2. The zero-order valence-corrected chi connectivity index (χ0v) is 19.7. The summed E-state index contributed by atoms with van der Waals surface area (Å²) in [5, 5.41) is -0.190. The average Bonchev–Trinajstić information content (AvgIpc) is 2.86. The number of hydrogen-bond donors (Lipinski definition) is 2. The Hall–Kier alpha value is -3.87. The van der Waals surface area contributed by atoms with Crippen molar-refractivity contribution in [3.8, 4) is 28.9 Å². The molecule has 0 amide bonds. The maximum absolute atomic E-state index is 13.1. The molecular formula is C22H18ClFN6O4S. The van der Waals surface area contributed by atoms with Crippen LogP contribution >= 0.6 is 11.6 Å². The molecule has 2 aromatic carbocycles. The third-order valence-electron chi connectivity index (χ3n) is 4.48. The highest BCUT2D eigenvalue weighted by molar-refractivity contribution is 7.90. The number of nitrogens with one attached hydrogen (secondary N) is 2. The number of aromatic nitrogens is 4. The van der Waals surface area contributed by atoms with Crippen LogP contribution in [0, 0.1) is 5.82 Å². The van der Waals surface area contributed by atoms with Gasteiger partial charge in [-0.3, -0.25) is 4.72 Å². The zero-order valence-electron chi connectivity index (χ0n) is 18.1. The molecule has 0 atom stereocenters. The summed E-state index contributed by atoms with van der Waals surface area (Å²) in [4.78, 5) is 16.5. The van der Waals surface area contributed by atoms with Crippen molar-refractivity contribution in [2.45, 2.75) is 6.54 Å². The maximum atomic E-state index is 13.1. The van der Waals surface area contributed by atoms with E-state index in [2.05, 4.69) is 29.4 Å². The molecule has 0 spiro atoms. The topological polar surface area (TPSA) is 128 Å². The third-order valence-corrected chi connectivity index (χ3v) is 5.72. The molecule has 2 heterocycles. The van der Waals surface area contributed by atoms with Crippen LogP contribution in [0.4, 0.5) is 10.2 Å². The number of methoxy groups -OCH3 is 1. The lowest BCUT2D eigenvalue weighted by Gasteiger charge is -2.16. The third kappa shape index (κ3) is 6.18. The van der Waals surface area contributed by atoms with E-state index >= 15 is 0 Å². The molecule has 0 saturated heterocycles. The first-order chi connectivity index (χ1) is 16.8. The molecule has 2 N–H and O–H groups in total. The van der Waals surface area contributed by atoms with Crippen LogP contribution in [-0.4, -0.2) is 35.5 Å². The number of ether oxygens (including phenoxy) is 2. The molecule has 35 heavy (non-hydrogen) atoms. The molecule has 0 bridgehead atoms. The van der Waals surface area contributed by atoms with Crippen LogP contribution in [0.2, 0.25) is 5.15 Å². The standard InChI is InChI=1S/C22H18ClFN6O4S/c1-33-16-5-2-3-6-17(16)34-18-19(23)28-22(21-25-11-4-12-26-21)29-20(18)30-35(31,32)27-13-14-7-9-15(24)10-8-14/h2-12,27H,13H2,1H3,(H,28,29,30). The van der Waals surface area contributed by atoms with Crippen LogP contribution in [0.1, 0.15) is 5.56 Å². The Bertz CT molecular complexity index is 1430. The molecule has 0 aliphatic carbocycles. The van der Waals surface area contributed by atoms with Crippen molar-refractivity contribution in [1.29, 1.82) is 0 Å². The van der Waals surface area contributed by atoms with E-state index in [1.807, 2.05) is 0 Å². The number of anilines is 1. The zero-order chi connectivity index (χ0) is 24.8. The van der Waals surface area contributed by atoms with Gasteiger partial charge in [-0.2, -0.15) is 13.1 Å².